The van der Waals surface area contributed by atoms with Gasteiger partial charge in [-0.05, 0) is 36.3 Å². The van der Waals surface area contributed by atoms with Crippen molar-refractivity contribution in [3.63, 3.8) is 0 Å². The van der Waals surface area contributed by atoms with Gasteiger partial charge in [-0.15, -0.1) is 0 Å². The molecule has 0 unspecified atom stereocenters. The van der Waals surface area contributed by atoms with Crippen molar-refractivity contribution in [2.75, 3.05) is 26.8 Å². The summed E-state index contributed by atoms with van der Waals surface area (Å²) in [4.78, 5) is 0. The van der Waals surface area contributed by atoms with E-state index in [4.69, 9.17) is 4.74 Å². The molecule has 1 aliphatic rings. The standard InChI is InChI=1S/C17H25NO/c1-3-14(13-18-9-10-19-2)11-15-5-4-6-17(12-15)16-7-8-16/h4-6,11-12,16,18H,3,7-10,13H2,1-2H3. The Bertz CT molecular complexity index is 421. The van der Waals surface area contributed by atoms with Gasteiger partial charge in [0.15, 0.2) is 0 Å². The molecule has 1 N–H and O–H groups in total. The van der Waals surface area contributed by atoms with Crippen LogP contribution in [0.5, 0.6) is 0 Å². The maximum absolute atomic E-state index is 5.04. The van der Waals surface area contributed by atoms with Gasteiger partial charge in [-0.3, -0.25) is 0 Å². The number of benzene rings is 1. The fraction of sp³-hybridized carbons (Fsp3) is 0.529. The van der Waals surface area contributed by atoms with E-state index in [0.717, 1.165) is 32.0 Å². The van der Waals surface area contributed by atoms with Gasteiger partial charge < -0.3 is 10.1 Å². The molecule has 19 heavy (non-hydrogen) atoms. The van der Waals surface area contributed by atoms with Gasteiger partial charge in [0.2, 0.25) is 0 Å². The Morgan fingerprint density at radius 2 is 2.26 bits per heavy atom. The van der Waals surface area contributed by atoms with Gasteiger partial charge in [-0.2, -0.15) is 0 Å². The van der Waals surface area contributed by atoms with Crippen molar-refractivity contribution in [1.29, 1.82) is 0 Å². The minimum absolute atomic E-state index is 0.772. The zero-order valence-corrected chi connectivity index (χ0v) is 12.1. The predicted octanol–water partition coefficient (Wildman–Crippen LogP) is 3.59. The van der Waals surface area contributed by atoms with E-state index in [1.165, 1.54) is 29.5 Å². The number of rotatable bonds is 8. The highest BCUT2D eigenvalue weighted by molar-refractivity contribution is 5.54. The summed E-state index contributed by atoms with van der Waals surface area (Å²) >= 11 is 0. The molecule has 1 fully saturated rings. The van der Waals surface area contributed by atoms with Crippen molar-refractivity contribution in [3.05, 3.63) is 41.0 Å². The molecule has 0 aliphatic heterocycles. The molecule has 1 aromatic rings. The average molecular weight is 259 g/mol. The van der Waals surface area contributed by atoms with Gasteiger partial charge in [-0.1, -0.05) is 42.8 Å². The maximum Gasteiger partial charge on any atom is 0.0587 e. The quantitative estimate of drug-likeness (QED) is 0.720. The lowest BCUT2D eigenvalue weighted by Gasteiger charge is -2.08. The topological polar surface area (TPSA) is 21.3 Å². The van der Waals surface area contributed by atoms with Crippen molar-refractivity contribution in [2.45, 2.75) is 32.1 Å². The van der Waals surface area contributed by atoms with Crippen LogP contribution >= 0.6 is 0 Å². The van der Waals surface area contributed by atoms with Gasteiger partial charge in [0.1, 0.15) is 0 Å². The summed E-state index contributed by atoms with van der Waals surface area (Å²) in [7, 11) is 1.74. The van der Waals surface area contributed by atoms with Crippen LogP contribution in [0.1, 0.15) is 43.2 Å². The molecule has 1 saturated carbocycles. The molecule has 0 saturated heterocycles. The van der Waals surface area contributed by atoms with E-state index in [1.807, 2.05) is 0 Å². The Morgan fingerprint density at radius 1 is 1.42 bits per heavy atom. The Kier molecular flexibility index (Phi) is 5.62. The number of ether oxygens (including phenoxy) is 1. The van der Waals surface area contributed by atoms with Crippen molar-refractivity contribution >= 4 is 6.08 Å². The third-order valence-corrected chi connectivity index (χ3v) is 3.62. The fourth-order valence-electron chi connectivity index (χ4n) is 2.26. The molecule has 2 heteroatoms. The van der Waals surface area contributed by atoms with E-state index in [2.05, 4.69) is 42.6 Å². The minimum Gasteiger partial charge on any atom is -0.383 e. The Morgan fingerprint density at radius 3 is 2.95 bits per heavy atom. The van der Waals surface area contributed by atoms with Gasteiger partial charge in [0.25, 0.3) is 0 Å². The second-order valence-electron chi connectivity index (χ2n) is 5.27. The Balaban J connectivity index is 1.94. The monoisotopic (exact) mass is 259 g/mol. The first-order valence-corrected chi connectivity index (χ1v) is 7.32. The van der Waals surface area contributed by atoms with Gasteiger partial charge >= 0.3 is 0 Å². The first kappa shape index (κ1) is 14.3. The largest absolute Gasteiger partial charge is 0.383 e. The molecular weight excluding hydrogens is 234 g/mol. The lowest BCUT2D eigenvalue weighted by molar-refractivity contribution is 0.200. The van der Waals surface area contributed by atoms with E-state index in [9.17, 15) is 0 Å². The van der Waals surface area contributed by atoms with Crippen molar-refractivity contribution in [2.24, 2.45) is 0 Å². The molecule has 0 bridgehead atoms. The second-order valence-corrected chi connectivity index (χ2v) is 5.27. The van der Waals surface area contributed by atoms with Crippen LogP contribution in [-0.4, -0.2) is 26.8 Å². The summed E-state index contributed by atoms with van der Waals surface area (Å²) in [6.45, 7) is 4.85. The normalized spacial score (nSPS) is 15.8. The maximum atomic E-state index is 5.04. The molecule has 0 amide bonds. The summed E-state index contributed by atoms with van der Waals surface area (Å²) in [5.74, 6) is 0.832. The van der Waals surface area contributed by atoms with E-state index >= 15 is 0 Å². The van der Waals surface area contributed by atoms with Crippen molar-refractivity contribution in [1.82, 2.24) is 5.32 Å². The third-order valence-electron chi connectivity index (χ3n) is 3.62. The summed E-state index contributed by atoms with van der Waals surface area (Å²) in [6.07, 6.45) is 6.15. The molecule has 0 heterocycles. The highest BCUT2D eigenvalue weighted by Crippen LogP contribution is 2.40. The average Bonchev–Trinajstić information content (AvgIpc) is 3.27. The van der Waals surface area contributed by atoms with E-state index in [-0.39, 0.29) is 0 Å². The molecule has 2 rings (SSSR count). The summed E-state index contributed by atoms with van der Waals surface area (Å²) in [5, 5.41) is 3.41. The minimum atomic E-state index is 0.772. The summed E-state index contributed by atoms with van der Waals surface area (Å²) < 4.78 is 5.04. The zero-order chi connectivity index (χ0) is 13.5. The Labute approximate surface area is 116 Å². The van der Waals surface area contributed by atoms with Crippen LogP contribution in [-0.2, 0) is 4.74 Å². The number of nitrogens with one attached hydrogen (secondary N) is 1. The molecule has 1 aromatic carbocycles. The van der Waals surface area contributed by atoms with Gasteiger partial charge in [0, 0.05) is 20.2 Å². The zero-order valence-electron chi connectivity index (χ0n) is 12.1. The number of hydrogen-bond acceptors (Lipinski definition) is 2. The van der Waals surface area contributed by atoms with Gasteiger partial charge in [0.05, 0.1) is 6.61 Å². The predicted molar refractivity (Wildman–Crippen MR) is 81.4 cm³/mol. The molecule has 1 aliphatic carbocycles. The molecule has 0 atom stereocenters. The van der Waals surface area contributed by atoms with Crippen molar-refractivity contribution < 1.29 is 4.74 Å². The molecule has 0 aromatic heterocycles. The van der Waals surface area contributed by atoms with Crippen LogP contribution in [0.25, 0.3) is 6.08 Å². The van der Waals surface area contributed by atoms with E-state index in [1.54, 1.807) is 7.11 Å². The van der Waals surface area contributed by atoms with E-state index in [0.29, 0.717) is 0 Å². The molecule has 2 nitrogen and oxygen atoms in total. The first-order chi connectivity index (χ1) is 9.33. The highest BCUT2D eigenvalue weighted by Gasteiger charge is 2.23. The smallest absolute Gasteiger partial charge is 0.0587 e. The number of methoxy groups -OCH3 is 1. The van der Waals surface area contributed by atoms with Crippen LogP contribution < -0.4 is 5.32 Å². The molecule has 0 radical (unpaired) electrons. The van der Waals surface area contributed by atoms with Gasteiger partial charge in [-0.25, -0.2) is 0 Å². The third kappa shape index (κ3) is 4.81. The molecule has 104 valence electrons. The first-order valence-electron chi connectivity index (χ1n) is 7.32. The van der Waals surface area contributed by atoms with Crippen LogP contribution in [0, 0.1) is 0 Å². The highest BCUT2D eigenvalue weighted by atomic mass is 16.5. The summed E-state index contributed by atoms with van der Waals surface area (Å²) in [6, 6.07) is 9.00. The SMILES string of the molecule is CCC(=Cc1cccc(C2CC2)c1)CNCCOC. The second kappa shape index (κ2) is 7.46. The molecular formula is C17H25NO. The van der Waals surface area contributed by atoms with Crippen molar-refractivity contribution in [3.8, 4) is 0 Å². The van der Waals surface area contributed by atoms with Crippen LogP contribution in [0.4, 0.5) is 0 Å². The van der Waals surface area contributed by atoms with Crippen LogP contribution in [0.2, 0.25) is 0 Å². The lowest BCUT2D eigenvalue weighted by Crippen LogP contribution is -2.21. The Hall–Kier alpha value is -1.12. The van der Waals surface area contributed by atoms with Crippen LogP contribution in [0.3, 0.4) is 0 Å². The van der Waals surface area contributed by atoms with Crippen LogP contribution in [0.15, 0.2) is 29.8 Å². The lowest BCUT2D eigenvalue weighted by atomic mass is 10.0. The summed E-state index contributed by atoms with van der Waals surface area (Å²) in [5.41, 5.74) is 4.30. The fourth-order valence-corrected chi connectivity index (χ4v) is 2.26. The van der Waals surface area contributed by atoms with E-state index < -0.39 is 0 Å². The molecule has 0 spiro atoms. The number of hydrogen-bond donors (Lipinski definition) is 1.